The van der Waals surface area contributed by atoms with Crippen LogP contribution in [0.15, 0.2) is 42.5 Å². The van der Waals surface area contributed by atoms with Gasteiger partial charge in [0.1, 0.15) is 12.4 Å². The first-order valence-corrected chi connectivity index (χ1v) is 9.27. The molecule has 0 saturated heterocycles. The Morgan fingerprint density at radius 1 is 1.08 bits per heavy atom. The summed E-state index contributed by atoms with van der Waals surface area (Å²) >= 11 is 0. The Labute approximate surface area is 154 Å². The van der Waals surface area contributed by atoms with E-state index in [-0.39, 0.29) is 11.4 Å². The summed E-state index contributed by atoms with van der Waals surface area (Å²) in [7, 11) is 0. The fraction of sp³-hybridized carbons (Fsp3) is 0.409. The molecule has 4 rings (SSSR count). The lowest BCUT2D eigenvalue weighted by Gasteiger charge is -2.19. The average molecular weight is 352 g/mol. The zero-order valence-electron chi connectivity index (χ0n) is 15.1. The van der Waals surface area contributed by atoms with E-state index in [2.05, 4.69) is 19.1 Å². The number of esters is 1. The molecule has 2 aromatic carbocycles. The predicted molar refractivity (Wildman–Crippen MR) is 98.2 cm³/mol. The van der Waals surface area contributed by atoms with Gasteiger partial charge in [0.25, 0.3) is 0 Å². The van der Waals surface area contributed by atoms with Crippen molar-refractivity contribution in [2.24, 2.45) is 5.41 Å². The lowest BCUT2D eigenvalue weighted by atomic mass is 10.0. The van der Waals surface area contributed by atoms with Gasteiger partial charge in [0.05, 0.1) is 25.4 Å². The van der Waals surface area contributed by atoms with Crippen LogP contribution in [0, 0.1) is 5.41 Å². The fourth-order valence-corrected chi connectivity index (χ4v) is 3.38. The third-order valence-corrected chi connectivity index (χ3v) is 5.29. The van der Waals surface area contributed by atoms with Crippen molar-refractivity contribution >= 4 is 5.97 Å². The summed E-state index contributed by atoms with van der Waals surface area (Å²) in [5.74, 6) is 0.588. The van der Waals surface area contributed by atoms with Gasteiger partial charge >= 0.3 is 5.97 Å². The molecule has 0 N–H and O–H groups in total. The maximum absolute atomic E-state index is 11.8. The van der Waals surface area contributed by atoms with Crippen LogP contribution in [-0.2, 0) is 29.1 Å². The molecule has 136 valence electrons. The van der Waals surface area contributed by atoms with E-state index in [1.165, 1.54) is 5.56 Å². The standard InChI is InChI=1S/C22H24O4/c1-2-17-8-9-18-19(13-25-21(18)23)20(17)26-15-22(10-11-22)14-24-12-16-6-4-3-5-7-16/h3-9H,2,10-15H2,1H3. The lowest BCUT2D eigenvalue weighted by molar-refractivity contribution is 0.0523. The summed E-state index contributed by atoms with van der Waals surface area (Å²) in [6.07, 6.45) is 3.11. The number of cyclic esters (lactones) is 1. The maximum atomic E-state index is 11.8. The number of fused-ring (bicyclic) bond motifs is 1. The van der Waals surface area contributed by atoms with Crippen molar-refractivity contribution < 1.29 is 19.0 Å². The van der Waals surface area contributed by atoms with Crippen molar-refractivity contribution in [3.8, 4) is 5.75 Å². The number of carbonyl (C=O) groups is 1. The summed E-state index contributed by atoms with van der Waals surface area (Å²) in [6.45, 7) is 4.37. The number of ether oxygens (including phenoxy) is 3. The van der Waals surface area contributed by atoms with E-state index in [4.69, 9.17) is 14.2 Å². The zero-order chi connectivity index (χ0) is 18.0. The first kappa shape index (κ1) is 17.1. The van der Waals surface area contributed by atoms with Gasteiger partial charge < -0.3 is 14.2 Å². The molecule has 0 unspecified atom stereocenters. The molecule has 0 bridgehead atoms. The second-order valence-electron chi connectivity index (χ2n) is 7.28. The van der Waals surface area contributed by atoms with E-state index in [1.807, 2.05) is 30.3 Å². The first-order valence-electron chi connectivity index (χ1n) is 9.27. The third kappa shape index (κ3) is 3.47. The van der Waals surface area contributed by atoms with Gasteiger partial charge in [0, 0.05) is 11.0 Å². The zero-order valence-corrected chi connectivity index (χ0v) is 15.1. The molecule has 0 amide bonds. The molecule has 4 heteroatoms. The minimum absolute atomic E-state index is 0.103. The molecule has 4 nitrogen and oxygen atoms in total. The lowest BCUT2D eigenvalue weighted by Crippen LogP contribution is -2.20. The molecular weight excluding hydrogens is 328 g/mol. The van der Waals surface area contributed by atoms with Crippen LogP contribution < -0.4 is 4.74 Å². The highest BCUT2D eigenvalue weighted by Gasteiger charge is 2.44. The molecule has 1 fully saturated rings. The summed E-state index contributed by atoms with van der Waals surface area (Å²) in [5.41, 5.74) is 3.96. The fourth-order valence-electron chi connectivity index (χ4n) is 3.38. The quantitative estimate of drug-likeness (QED) is 0.665. The van der Waals surface area contributed by atoms with Crippen molar-refractivity contribution in [1.29, 1.82) is 0 Å². The van der Waals surface area contributed by atoms with Crippen molar-refractivity contribution in [3.63, 3.8) is 0 Å². The van der Waals surface area contributed by atoms with E-state index >= 15 is 0 Å². The third-order valence-electron chi connectivity index (χ3n) is 5.29. The molecule has 0 atom stereocenters. The Hall–Kier alpha value is -2.33. The van der Waals surface area contributed by atoms with E-state index in [9.17, 15) is 4.79 Å². The first-order chi connectivity index (χ1) is 12.7. The highest BCUT2D eigenvalue weighted by atomic mass is 16.5. The van der Waals surface area contributed by atoms with E-state index < -0.39 is 0 Å². The molecule has 2 aliphatic rings. The molecule has 2 aromatic rings. The van der Waals surface area contributed by atoms with Crippen molar-refractivity contribution in [1.82, 2.24) is 0 Å². The van der Waals surface area contributed by atoms with Gasteiger partial charge in [-0.15, -0.1) is 0 Å². The van der Waals surface area contributed by atoms with Gasteiger partial charge in [-0.1, -0.05) is 43.3 Å². The monoisotopic (exact) mass is 352 g/mol. The van der Waals surface area contributed by atoms with Gasteiger partial charge in [0.15, 0.2) is 0 Å². The van der Waals surface area contributed by atoms with Crippen molar-refractivity contribution in [2.75, 3.05) is 13.2 Å². The number of rotatable bonds is 8. The van der Waals surface area contributed by atoms with Crippen molar-refractivity contribution in [2.45, 2.75) is 39.4 Å². The molecule has 0 spiro atoms. The van der Waals surface area contributed by atoms with E-state index in [0.29, 0.717) is 32.0 Å². The van der Waals surface area contributed by atoms with Crippen molar-refractivity contribution in [3.05, 3.63) is 64.7 Å². The molecule has 1 aliphatic carbocycles. The number of hydrogen-bond acceptors (Lipinski definition) is 4. The van der Waals surface area contributed by atoms with E-state index in [0.717, 1.165) is 36.1 Å². The normalized spacial score (nSPS) is 16.9. The maximum Gasteiger partial charge on any atom is 0.339 e. The minimum atomic E-state index is -0.250. The Kier molecular flexibility index (Phi) is 4.68. The average Bonchev–Trinajstić information content (AvgIpc) is 3.35. The summed E-state index contributed by atoms with van der Waals surface area (Å²) in [5, 5.41) is 0. The van der Waals surface area contributed by atoms with Crippen LogP contribution >= 0.6 is 0 Å². The van der Waals surface area contributed by atoms with Gasteiger partial charge in [0.2, 0.25) is 0 Å². The predicted octanol–water partition coefficient (Wildman–Crippen LogP) is 4.30. The SMILES string of the molecule is CCc1ccc2c(c1OCC1(COCc3ccccc3)CC1)COC2=O. The smallest absolute Gasteiger partial charge is 0.339 e. The van der Waals surface area contributed by atoms with E-state index in [1.54, 1.807) is 0 Å². The van der Waals surface area contributed by atoms with Crippen LogP contribution in [0.2, 0.25) is 0 Å². The van der Waals surface area contributed by atoms with Gasteiger partial charge in [-0.3, -0.25) is 0 Å². The van der Waals surface area contributed by atoms with Gasteiger partial charge in [-0.05, 0) is 36.5 Å². The highest BCUT2D eigenvalue weighted by molar-refractivity contribution is 5.94. The van der Waals surface area contributed by atoms with Crippen LogP contribution in [-0.4, -0.2) is 19.2 Å². The molecule has 1 heterocycles. The van der Waals surface area contributed by atoms with Gasteiger partial charge in [-0.2, -0.15) is 0 Å². The minimum Gasteiger partial charge on any atom is -0.492 e. The van der Waals surface area contributed by atoms with Crippen LogP contribution in [0.1, 0.15) is 46.8 Å². The molecule has 1 aliphatic heterocycles. The molecule has 26 heavy (non-hydrogen) atoms. The molecule has 1 saturated carbocycles. The molecule has 0 radical (unpaired) electrons. The summed E-state index contributed by atoms with van der Waals surface area (Å²) in [4.78, 5) is 11.8. The van der Waals surface area contributed by atoms with Crippen LogP contribution in [0.5, 0.6) is 5.75 Å². The van der Waals surface area contributed by atoms with Crippen LogP contribution in [0.3, 0.4) is 0 Å². The van der Waals surface area contributed by atoms with Crippen LogP contribution in [0.4, 0.5) is 0 Å². The Morgan fingerprint density at radius 2 is 1.88 bits per heavy atom. The number of aryl methyl sites for hydroxylation is 1. The number of benzene rings is 2. The molecule has 0 aromatic heterocycles. The largest absolute Gasteiger partial charge is 0.492 e. The van der Waals surface area contributed by atoms with Crippen LogP contribution in [0.25, 0.3) is 0 Å². The summed E-state index contributed by atoms with van der Waals surface area (Å²) < 4.78 is 17.4. The number of hydrogen-bond donors (Lipinski definition) is 0. The Balaban J connectivity index is 1.39. The Morgan fingerprint density at radius 3 is 2.62 bits per heavy atom. The second-order valence-corrected chi connectivity index (χ2v) is 7.28. The highest BCUT2D eigenvalue weighted by Crippen LogP contribution is 2.47. The molecular formula is C22H24O4. The topological polar surface area (TPSA) is 44.8 Å². The summed E-state index contributed by atoms with van der Waals surface area (Å²) in [6, 6.07) is 14.1. The number of carbonyl (C=O) groups excluding carboxylic acids is 1. The Bertz CT molecular complexity index is 793. The second kappa shape index (κ2) is 7.12. The van der Waals surface area contributed by atoms with Gasteiger partial charge in [-0.25, -0.2) is 4.79 Å².